The zero-order chi connectivity index (χ0) is 13.0. The molecule has 100 valence electrons. The van der Waals surface area contributed by atoms with Crippen LogP contribution in [0.4, 0.5) is 11.5 Å². The predicted octanol–water partition coefficient (Wildman–Crippen LogP) is 2.04. The van der Waals surface area contributed by atoms with Crippen molar-refractivity contribution in [2.24, 2.45) is 0 Å². The molecule has 0 amide bonds. The van der Waals surface area contributed by atoms with E-state index in [1.54, 1.807) is 0 Å². The van der Waals surface area contributed by atoms with Gasteiger partial charge in [0.15, 0.2) is 0 Å². The Hall–Kier alpha value is -1.29. The van der Waals surface area contributed by atoms with Crippen molar-refractivity contribution in [3.05, 3.63) is 18.3 Å². The van der Waals surface area contributed by atoms with Crippen molar-refractivity contribution in [1.29, 1.82) is 0 Å². The lowest BCUT2D eigenvalue weighted by molar-refractivity contribution is 0.221. The molecule has 4 heteroatoms. The Morgan fingerprint density at radius 2 is 2.17 bits per heavy atom. The van der Waals surface area contributed by atoms with E-state index in [9.17, 15) is 0 Å². The first-order valence-corrected chi connectivity index (χ1v) is 6.83. The molecule has 1 fully saturated rings. The van der Waals surface area contributed by atoms with Crippen LogP contribution in [0.5, 0.6) is 0 Å². The zero-order valence-electron chi connectivity index (χ0n) is 11.7. The van der Waals surface area contributed by atoms with E-state index in [1.807, 2.05) is 13.2 Å². The lowest BCUT2D eigenvalue weighted by Crippen LogP contribution is -2.43. The molecule has 4 nitrogen and oxygen atoms in total. The Morgan fingerprint density at radius 3 is 2.78 bits per heavy atom. The van der Waals surface area contributed by atoms with E-state index in [2.05, 4.69) is 46.2 Å². The van der Waals surface area contributed by atoms with Gasteiger partial charge in [-0.2, -0.15) is 0 Å². The van der Waals surface area contributed by atoms with Crippen molar-refractivity contribution < 1.29 is 0 Å². The van der Waals surface area contributed by atoms with Crippen LogP contribution in [0.15, 0.2) is 18.3 Å². The summed E-state index contributed by atoms with van der Waals surface area (Å²) < 4.78 is 0. The highest BCUT2D eigenvalue weighted by atomic mass is 15.2. The largest absolute Gasteiger partial charge is 0.373 e. The molecule has 1 aromatic rings. The third-order valence-electron chi connectivity index (χ3n) is 3.96. The van der Waals surface area contributed by atoms with Gasteiger partial charge in [-0.15, -0.1) is 0 Å². The molecule has 0 bridgehead atoms. The maximum absolute atomic E-state index is 4.26. The molecule has 2 heterocycles. The lowest BCUT2D eigenvalue weighted by atomic mass is 10.0. The number of rotatable bonds is 4. The molecule has 0 aliphatic carbocycles. The number of pyridine rings is 1. The summed E-state index contributed by atoms with van der Waals surface area (Å²) in [6, 6.07) is 4.86. The smallest absolute Gasteiger partial charge is 0.127 e. The standard InChI is InChI=1S/C14H24N4/c1-4-18-9-6-12(7-10-18)17(3)13-5-8-16-14(11-13)15-2/h5,8,11-12H,4,6-7,9-10H2,1-3H3,(H,15,16). The summed E-state index contributed by atoms with van der Waals surface area (Å²) in [5.41, 5.74) is 1.25. The van der Waals surface area contributed by atoms with E-state index in [4.69, 9.17) is 0 Å². The molecular formula is C14H24N4. The summed E-state index contributed by atoms with van der Waals surface area (Å²) in [7, 11) is 4.10. The van der Waals surface area contributed by atoms with Crippen molar-refractivity contribution in [2.75, 3.05) is 43.9 Å². The Kier molecular flexibility index (Phi) is 4.42. The maximum atomic E-state index is 4.26. The lowest BCUT2D eigenvalue weighted by Gasteiger charge is -2.37. The summed E-state index contributed by atoms with van der Waals surface area (Å²) in [6.07, 6.45) is 4.38. The Bertz CT molecular complexity index is 372. The number of nitrogens with zero attached hydrogens (tertiary/aromatic N) is 3. The van der Waals surface area contributed by atoms with Crippen LogP contribution in [-0.4, -0.2) is 49.7 Å². The van der Waals surface area contributed by atoms with E-state index >= 15 is 0 Å². The van der Waals surface area contributed by atoms with E-state index in [0.717, 1.165) is 5.82 Å². The van der Waals surface area contributed by atoms with Gasteiger partial charge in [-0.25, -0.2) is 4.98 Å². The molecule has 0 aromatic carbocycles. The minimum absolute atomic E-state index is 0.653. The third-order valence-corrected chi connectivity index (χ3v) is 3.96. The van der Waals surface area contributed by atoms with Crippen molar-refractivity contribution in [2.45, 2.75) is 25.8 Å². The highest BCUT2D eigenvalue weighted by Gasteiger charge is 2.21. The van der Waals surface area contributed by atoms with Crippen molar-refractivity contribution in [3.63, 3.8) is 0 Å². The number of anilines is 2. The summed E-state index contributed by atoms with van der Waals surface area (Å²) >= 11 is 0. The van der Waals surface area contributed by atoms with Gasteiger partial charge >= 0.3 is 0 Å². The minimum atomic E-state index is 0.653. The zero-order valence-corrected chi connectivity index (χ0v) is 11.7. The molecule has 1 aromatic heterocycles. The second kappa shape index (κ2) is 6.05. The normalized spacial score (nSPS) is 17.7. The predicted molar refractivity (Wildman–Crippen MR) is 77.3 cm³/mol. The van der Waals surface area contributed by atoms with Crippen LogP contribution in [0, 0.1) is 0 Å². The summed E-state index contributed by atoms with van der Waals surface area (Å²) in [4.78, 5) is 9.19. The SMILES string of the molecule is CCN1CCC(N(C)c2ccnc(NC)c2)CC1. The first kappa shape index (κ1) is 13.1. The summed E-state index contributed by atoms with van der Waals surface area (Å²) in [5, 5.41) is 3.10. The fourth-order valence-electron chi connectivity index (χ4n) is 2.61. The second-order valence-corrected chi connectivity index (χ2v) is 4.93. The van der Waals surface area contributed by atoms with Gasteiger partial charge in [-0.05, 0) is 25.5 Å². The van der Waals surface area contributed by atoms with Gasteiger partial charge in [-0.3, -0.25) is 0 Å². The monoisotopic (exact) mass is 248 g/mol. The van der Waals surface area contributed by atoms with Crippen LogP contribution in [0.3, 0.4) is 0 Å². The average molecular weight is 248 g/mol. The first-order valence-electron chi connectivity index (χ1n) is 6.83. The van der Waals surface area contributed by atoms with Crippen molar-refractivity contribution in [3.8, 4) is 0 Å². The molecule has 0 spiro atoms. The van der Waals surface area contributed by atoms with Crippen LogP contribution >= 0.6 is 0 Å². The molecule has 1 saturated heterocycles. The average Bonchev–Trinajstić information content (AvgIpc) is 2.46. The Morgan fingerprint density at radius 1 is 1.44 bits per heavy atom. The maximum Gasteiger partial charge on any atom is 0.127 e. The van der Waals surface area contributed by atoms with Crippen molar-refractivity contribution >= 4 is 11.5 Å². The Balaban J connectivity index is 2.00. The van der Waals surface area contributed by atoms with E-state index in [-0.39, 0.29) is 0 Å². The molecule has 0 unspecified atom stereocenters. The van der Waals surface area contributed by atoms with Crippen LogP contribution in [0.1, 0.15) is 19.8 Å². The molecular weight excluding hydrogens is 224 g/mol. The third kappa shape index (κ3) is 2.93. The second-order valence-electron chi connectivity index (χ2n) is 4.93. The van der Waals surface area contributed by atoms with Crippen molar-refractivity contribution in [1.82, 2.24) is 9.88 Å². The fourth-order valence-corrected chi connectivity index (χ4v) is 2.61. The number of likely N-dealkylation sites (tertiary alicyclic amines) is 1. The van der Waals surface area contributed by atoms with E-state index in [1.165, 1.54) is 38.2 Å². The van der Waals surface area contributed by atoms with Crippen LogP contribution in [-0.2, 0) is 0 Å². The Labute approximate surface area is 110 Å². The van der Waals surface area contributed by atoms with Gasteiger partial charge in [0.05, 0.1) is 0 Å². The van der Waals surface area contributed by atoms with Crippen LogP contribution < -0.4 is 10.2 Å². The van der Waals surface area contributed by atoms with Gasteiger partial charge in [0.1, 0.15) is 5.82 Å². The molecule has 0 saturated carbocycles. The van der Waals surface area contributed by atoms with Crippen LogP contribution in [0.2, 0.25) is 0 Å². The highest BCUT2D eigenvalue weighted by molar-refractivity contribution is 5.53. The number of aromatic nitrogens is 1. The van der Waals surface area contributed by atoms with Gasteiger partial charge in [-0.1, -0.05) is 6.92 Å². The molecule has 1 aliphatic rings. The first-order chi connectivity index (χ1) is 8.74. The van der Waals surface area contributed by atoms with Crippen LogP contribution in [0.25, 0.3) is 0 Å². The van der Waals surface area contributed by atoms with E-state index in [0.29, 0.717) is 6.04 Å². The number of nitrogens with one attached hydrogen (secondary N) is 1. The fraction of sp³-hybridized carbons (Fsp3) is 0.643. The topological polar surface area (TPSA) is 31.4 Å². The molecule has 1 N–H and O–H groups in total. The number of piperidine rings is 1. The number of hydrogen-bond donors (Lipinski definition) is 1. The van der Waals surface area contributed by atoms with Gasteiger partial charge in [0, 0.05) is 51.2 Å². The highest BCUT2D eigenvalue weighted by Crippen LogP contribution is 2.23. The van der Waals surface area contributed by atoms with Gasteiger partial charge in [0.2, 0.25) is 0 Å². The van der Waals surface area contributed by atoms with E-state index < -0.39 is 0 Å². The summed E-state index contributed by atoms with van der Waals surface area (Å²) in [6.45, 7) is 5.85. The molecule has 1 aliphatic heterocycles. The quantitative estimate of drug-likeness (QED) is 0.883. The summed E-state index contributed by atoms with van der Waals surface area (Å²) in [5.74, 6) is 0.936. The molecule has 0 atom stereocenters. The molecule has 0 radical (unpaired) electrons. The van der Waals surface area contributed by atoms with Gasteiger partial charge < -0.3 is 15.1 Å². The van der Waals surface area contributed by atoms with Gasteiger partial charge in [0.25, 0.3) is 0 Å². The molecule has 18 heavy (non-hydrogen) atoms. The minimum Gasteiger partial charge on any atom is -0.373 e. The molecule has 2 rings (SSSR count). The number of hydrogen-bond acceptors (Lipinski definition) is 4.